The van der Waals surface area contributed by atoms with E-state index >= 15 is 0 Å². The molecule has 2 aliphatic heterocycles. The Morgan fingerprint density at radius 3 is 2.77 bits per heavy atom. The van der Waals surface area contributed by atoms with Gasteiger partial charge in [-0.25, -0.2) is 0 Å². The van der Waals surface area contributed by atoms with Gasteiger partial charge in [0.1, 0.15) is 0 Å². The molecule has 1 aliphatic carbocycles. The van der Waals surface area contributed by atoms with Crippen LogP contribution in [0.15, 0.2) is 18.2 Å². The number of fused-ring (bicyclic) bond motifs is 2. The van der Waals surface area contributed by atoms with Gasteiger partial charge in [0.2, 0.25) is 5.75 Å². The molecule has 1 aromatic rings. The fraction of sp³-hybridized carbons (Fsp3) is 0.471. The maximum Gasteiger partial charge on any atom is 0.276 e. The zero-order chi connectivity index (χ0) is 15.1. The quantitative estimate of drug-likeness (QED) is 0.877. The smallest absolute Gasteiger partial charge is 0.276 e. The highest BCUT2D eigenvalue weighted by molar-refractivity contribution is 5.92. The third-order valence-corrected chi connectivity index (χ3v) is 5.11. The van der Waals surface area contributed by atoms with E-state index in [1.54, 1.807) is 6.08 Å². The third kappa shape index (κ3) is 2.35. The number of aromatic hydroxyl groups is 1. The van der Waals surface area contributed by atoms with Crippen molar-refractivity contribution in [2.24, 2.45) is 11.8 Å². The van der Waals surface area contributed by atoms with Crippen LogP contribution in [0.1, 0.15) is 30.4 Å². The summed E-state index contributed by atoms with van der Waals surface area (Å²) in [6.45, 7) is 2.98. The van der Waals surface area contributed by atoms with E-state index in [-0.39, 0.29) is 11.7 Å². The van der Waals surface area contributed by atoms with Crippen LogP contribution >= 0.6 is 0 Å². The molecular formula is C17H20N2O3. The molecule has 1 aromatic carbocycles. The molecule has 1 saturated heterocycles. The number of nitrogens with zero attached hydrogens (tertiary/aromatic N) is 1. The Morgan fingerprint density at radius 1 is 1.23 bits per heavy atom. The predicted octanol–water partition coefficient (Wildman–Crippen LogP) is 2.06. The van der Waals surface area contributed by atoms with Crippen molar-refractivity contribution in [2.45, 2.75) is 25.8 Å². The van der Waals surface area contributed by atoms with Gasteiger partial charge in [-0.3, -0.25) is 9.69 Å². The van der Waals surface area contributed by atoms with Crippen molar-refractivity contribution in [1.82, 2.24) is 10.4 Å². The molecule has 2 atom stereocenters. The molecule has 1 saturated carbocycles. The maximum atomic E-state index is 11.3. The molecule has 0 aromatic heterocycles. The Labute approximate surface area is 129 Å². The van der Waals surface area contributed by atoms with Gasteiger partial charge in [0, 0.05) is 36.8 Å². The summed E-state index contributed by atoms with van der Waals surface area (Å²) < 4.78 is 0. The Morgan fingerprint density at radius 2 is 2.00 bits per heavy atom. The SMILES string of the molecule is O=C1C=Cc2ccc(CN3CC4CCCC4C3)c(O)c2ON1. The molecule has 3 aliphatic rings. The van der Waals surface area contributed by atoms with E-state index in [1.807, 2.05) is 12.1 Å². The fourth-order valence-electron chi connectivity index (χ4n) is 4.00. The molecular weight excluding hydrogens is 280 g/mol. The van der Waals surface area contributed by atoms with E-state index in [4.69, 9.17) is 4.84 Å². The van der Waals surface area contributed by atoms with Crippen LogP contribution in [0.4, 0.5) is 0 Å². The van der Waals surface area contributed by atoms with E-state index in [2.05, 4.69) is 10.4 Å². The highest BCUT2D eigenvalue weighted by Gasteiger charge is 2.36. The largest absolute Gasteiger partial charge is 0.504 e. The van der Waals surface area contributed by atoms with E-state index in [9.17, 15) is 9.90 Å². The van der Waals surface area contributed by atoms with Gasteiger partial charge < -0.3 is 9.94 Å². The Bertz CT molecular complexity index is 629. The molecule has 0 bridgehead atoms. The van der Waals surface area contributed by atoms with Crippen molar-refractivity contribution in [3.63, 3.8) is 0 Å². The minimum absolute atomic E-state index is 0.126. The van der Waals surface area contributed by atoms with E-state index in [0.29, 0.717) is 11.3 Å². The highest BCUT2D eigenvalue weighted by Crippen LogP contribution is 2.40. The number of likely N-dealkylation sites (tertiary alicyclic amines) is 1. The van der Waals surface area contributed by atoms with Crippen molar-refractivity contribution in [2.75, 3.05) is 13.1 Å². The van der Waals surface area contributed by atoms with Crippen LogP contribution in [0.25, 0.3) is 6.08 Å². The van der Waals surface area contributed by atoms with Crippen molar-refractivity contribution >= 4 is 12.0 Å². The summed E-state index contributed by atoms with van der Waals surface area (Å²) in [5, 5.41) is 10.5. The van der Waals surface area contributed by atoms with Crippen molar-refractivity contribution in [1.29, 1.82) is 0 Å². The number of hydroxylamine groups is 1. The standard InChI is InChI=1S/C17H20N2O3/c20-15-7-6-11-4-5-14(16(21)17(11)22-18-15)10-19-8-12-2-1-3-13(12)9-19/h4-7,12-13,21H,1-3,8-10H2,(H,18,20). The molecule has 2 heterocycles. The summed E-state index contributed by atoms with van der Waals surface area (Å²) in [5.41, 5.74) is 3.85. The summed E-state index contributed by atoms with van der Waals surface area (Å²) in [5.74, 6) is 1.80. The Balaban J connectivity index is 1.54. The van der Waals surface area contributed by atoms with Gasteiger partial charge in [-0.1, -0.05) is 18.6 Å². The summed E-state index contributed by atoms with van der Waals surface area (Å²) in [4.78, 5) is 19.0. The molecule has 116 valence electrons. The number of rotatable bonds is 2. The lowest BCUT2D eigenvalue weighted by atomic mass is 10.0. The van der Waals surface area contributed by atoms with Crippen LogP contribution in [0.5, 0.6) is 11.5 Å². The third-order valence-electron chi connectivity index (χ3n) is 5.11. The second-order valence-corrected chi connectivity index (χ2v) is 6.54. The van der Waals surface area contributed by atoms with E-state index in [1.165, 1.54) is 25.3 Å². The normalized spacial score (nSPS) is 27.0. The lowest BCUT2D eigenvalue weighted by Gasteiger charge is -2.19. The average Bonchev–Trinajstić information content (AvgIpc) is 3.02. The lowest BCUT2D eigenvalue weighted by molar-refractivity contribution is -0.122. The van der Waals surface area contributed by atoms with E-state index in [0.717, 1.165) is 37.0 Å². The first kappa shape index (κ1) is 13.6. The summed E-state index contributed by atoms with van der Waals surface area (Å²) in [6, 6.07) is 3.81. The van der Waals surface area contributed by atoms with Crippen molar-refractivity contribution < 1.29 is 14.7 Å². The molecule has 0 radical (unpaired) electrons. The summed E-state index contributed by atoms with van der Waals surface area (Å²) in [6.07, 6.45) is 7.11. The first-order valence-corrected chi connectivity index (χ1v) is 7.93. The molecule has 5 nitrogen and oxygen atoms in total. The van der Waals surface area contributed by atoms with Gasteiger partial charge in [-0.15, -0.1) is 0 Å². The van der Waals surface area contributed by atoms with Gasteiger partial charge in [-0.2, -0.15) is 5.48 Å². The maximum absolute atomic E-state index is 11.3. The molecule has 5 heteroatoms. The summed E-state index contributed by atoms with van der Waals surface area (Å²) in [7, 11) is 0. The number of nitrogens with one attached hydrogen (secondary N) is 1. The number of amides is 1. The van der Waals surface area contributed by atoms with Crippen LogP contribution in [-0.2, 0) is 11.3 Å². The number of phenolic OH excluding ortho intramolecular Hbond substituents is 1. The first-order valence-electron chi connectivity index (χ1n) is 7.93. The van der Waals surface area contributed by atoms with Crippen LogP contribution in [0, 0.1) is 11.8 Å². The van der Waals surface area contributed by atoms with Gasteiger partial charge in [0.05, 0.1) is 0 Å². The molecule has 22 heavy (non-hydrogen) atoms. The van der Waals surface area contributed by atoms with Crippen LogP contribution in [-0.4, -0.2) is 29.0 Å². The molecule has 2 unspecified atom stereocenters. The van der Waals surface area contributed by atoms with Crippen LogP contribution < -0.4 is 10.3 Å². The fourth-order valence-corrected chi connectivity index (χ4v) is 4.00. The molecule has 2 N–H and O–H groups in total. The highest BCUT2D eigenvalue weighted by atomic mass is 16.7. The number of hydrogen-bond acceptors (Lipinski definition) is 4. The minimum Gasteiger partial charge on any atom is -0.504 e. The lowest BCUT2D eigenvalue weighted by Crippen LogP contribution is -2.24. The summed E-state index contributed by atoms with van der Waals surface area (Å²) >= 11 is 0. The van der Waals surface area contributed by atoms with Crippen LogP contribution in [0.2, 0.25) is 0 Å². The van der Waals surface area contributed by atoms with Gasteiger partial charge in [0.15, 0.2) is 5.75 Å². The molecule has 1 amide bonds. The second kappa shape index (κ2) is 5.32. The minimum atomic E-state index is -0.329. The van der Waals surface area contributed by atoms with E-state index < -0.39 is 0 Å². The van der Waals surface area contributed by atoms with Crippen LogP contribution in [0.3, 0.4) is 0 Å². The topological polar surface area (TPSA) is 61.8 Å². The molecule has 2 fully saturated rings. The average molecular weight is 300 g/mol. The Hall–Kier alpha value is -2.01. The van der Waals surface area contributed by atoms with Gasteiger partial charge >= 0.3 is 0 Å². The number of benzene rings is 1. The number of carbonyl (C=O) groups is 1. The number of phenols is 1. The van der Waals surface area contributed by atoms with Gasteiger partial charge in [0.25, 0.3) is 5.91 Å². The zero-order valence-electron chi connectivity index (χ0n) is 12.4. The molecule has 4 rings (SSSR count). The number of carbonyl (C=O) groups excluding carboxylic acids is 1. The van der Waals surface area contributed by atoms with Gasteiger partial charge in [-0.05, 0) is 30.8 Å². The van der Waals surface area contributed by atoms with Crippen molar-refractivity contribution in [3.8, 4) is 11.5 Å². The second-order valence-electron chi connectivity index (χ2n) is 6.54. The number of hydrogen-bond donors (Lipinski definition) is 2. The predicted molar refractivity (Wildman–Crippen MR) is 82.0 cm³/mol. The van der Waals surface area contributed by atoms with Crippen molar-refractivity contribution in [3.05, 3.63) is 29.3 Å². The zero-order valence-corrected chi connectivity index (χ0v) is 12.4. The monoisotopic (exact) mass is 300 g/mol. The first-order chi connectivity index (χ1) is 10.7. The molecule has 0 spiro atoms. The Kier molecular flexibility index (Phi) is 3.30.